The highest BCUT2D eigenvalue weighted by atomic mass is 16.6. The molecule has 0 radical (unpaired) electrons. The summed E-state index contributed by atoms with van der Waals surface area (Å²) in [4.78, 5) is 25.8. The molecule has 0 aliphatic carbocycles. The highest BCUT2D eigenvalue weighted by Crippen LogP contribution is 2.34. The van der Waals surface area contributed by atoms with E-state index in [1.807, 2.05) is 12.1 Å². The number of nitrogens with one attached hydrogen (secondary N) is 1. The lowest BCUT2D eigenvalue weighted by atomic mass is 10.0. The molecule has 1 aliphatic heterocycles. The number of anilines is 1. The molecular weight excluding hydrogens is 558 g/mol. The molecule has 0 saturated carbocycles. The molecule has 10 heteroatoms. The van der Waals surface area contributed by atoms with Crippen molar-refractivity contribution in [3.63, 3.8) is 0 Å². The number of hydrogen-bond acceptors (Lipinski definition) is 8. The fraction of sp³-hybridized carbons (Fsp3) is 0.235. The fourth-order valence-corrected chi connectivity index (χ4v) is 5.81. The van der Waals surface area contributed by atoms with Crippen LogP contribution in [0.1, 0.15) is 28.6 Å². The van der Waals surface area contributed by atoms with Gasteiger partial charge in [-0.3, -0.25) is 9.36 Å². The van der Waals surface area contributed by atoms with Gasteiger partial charge in [0.15, 0.2) is 23.2 Å². The molecule has 0 unspecified atom stereocenters. The zero-order valence-corrected chi connectivity index (χ0v) is 23.8. The highest BCUT2D eigenvalue weighted by Gasteiger charge is 2.45. The van der Waals surface area contributed by atoms with Crippen LogP contribution < -0.4 is 5.32 Å². The number of carbonyl (C=O) groups excluding carboxylic acids is 1. The van der Waals surface area contributed by atoms with Crippen molar-refractivity contribution in [3.05, 3.63) is 109 Å². The molecule has 1 aliphatic rings. The molecule has 1 saturated heterocycles. The second-order valence-electron chi connectivity index (χ2n) is 10.9. The number of imidazole rings is 1. The van der Waals surface area contributed by atoms with E-state index in [2.05, 4.69) is 68.8 Å². The van der Waals surface area contributed by atoms with E-state index in [9.17, 15) is 15.0 Å². The molecule has 3 heterocycles. The molecule has 7 rings (SSSR count). The van der Waals surface area contributed by atoms with Gasteiger partial charge in [0.2, 0.25) is 0 Å². The number of carbonyl (C=O) groups is 1. The molecule has 222 valence electrons. The van der Waals surface area contributed by atoms with E-state index < -0.39 is 24.5 Å². The van der Waals surface area contributed by atoms with E-state index >= 15 is 0 Å². The number of amides is 1. The number of benzene rings is 4. The average Bonchev–Trinajstić information content (AvgIpc) is 3.63. The second kappa shape index (κ2) is 12.1. The lowest BCUT2D eigenvalue weighted by molar-refractivity contribution is -0.0708. The third-order valence-electron chi connectivity index (χ3n) is 8.08. The zero-order valence-electron chi connectivity index (χ0n) is 23.8. The summed E-state index contributed by atoms with van der Waals surface area (Å²) < 4.78 is 13.9. The standard InChI is InChI=1S/C34H31N5O5/c40-18-27-29(41)30(43-14-6-7-21-12-13-25-16-23-10-4-5-11-24(23)17-26(25)15-21)34(44-27)39-20-37-28-31(35-19-36-32(28)39)38-33(42)22-8-2-1-3-9-22/h1-5,8-13,15-17,19-20,27,29-30,34,40-41H,6-7,14,18H2,(H,35,36,38,42)/t27-,29-,30-,34-/m1/s1. The normalized spacial score (nSPS) is 20.0. The maximum atomic E-state index is 12.8. The molecule has 4 aromatic carbocycles. The predicted molar refractivity (Wildman–Crippen MR) is 166 cm³/mol. The van der Waals surface area contributed by atoms with Gasteiger partial charge in [-0.2, -0.15) is 0 Å². The first-order chi connectivity index (χ1) is 21.6. The van der Waals surface area contributed by atoms with Gasteiger partial charge in [-0.15, -0.1) is 0 Å². The van der Waals surface area contributed by atoms with Gasteiger partial charge in [0, 0.05) is 12.2 Å². The van der Waals surface area contributed by atoms with Crippen molar-refractivity contribution in [3.8, 4) is 0 Å². The van der Waals surface area contributed by atoms with Gasteiger partial charge in [-0.05, 0) is 64.2 Å². The van der Waals surface area contributed by atoms with E-state index in [1.54, 1.807) is 28.8 Å². The number of aliphatic hydroxyl groups excluding tert-OH is 2. The van der Waals surface area contributed by atoms with Crippen molar-refractivity contribution in [1.29, 1.82) is 0 Å². The van der Waals surface area contributed by atoms with Crippen molar-refractivity contribution in [2.75, 3.05) is 18.5 Å². The van der Waals surface area contributed by atoms with E-state index in [0.29, 0.717) is 23.3 Å². The Morgan fingerprint density at radius 1 is 0.909 bits per heavy atom. The first-order valence-electron chi connectivity index (χ1n) is 14.6. The molecule has 4 atom stereocenters. The Kier molecular flexibility index (Phi) is 7.71. The molecule has 1 amide bonds. The third-order valence-corrected chi connectivity index (χ3v) is 8.08. The minimum absolute atomic E-state index is 0.251. The van der Waals surface area contributed by atoms with Crippen molar-refractivity contribution in [2.45, 2.75) is 37.4 Å². The molecule has 10 nitrogen and oxygen atoms in total. The van der Waals surface area contributed by atoms with Crippen LogP contribution in [0.15, 0.2) is 97.6 Å². The van der Waals surface area contributed by atoms with Gasteiger partial charge < -0.3 is 25.0 Å². The van der Waals surface area contributed by atoms with Crippen LogP contribution >= 0.6 is 0 Å². The van der Waals surface area contributed by atoms with E-state index in [4.69, 9.17) is 9.47 Å². The topological polar surface area (TPSA) is 132 Å². The van der Waals surface area contributed by atoms with Gasteiger partial charge in [0.25, 0.3) is 5.91 Å². The number of aromatic nitrogens is 4. The van der Waals surface area contributed by atoms with Crippen LogP contribution in [0.5, 0.6) is 0 Å². The Labute approximate surface area is 252 Å². The number of hydrogen-bond donors (Lipinski definition) is 3. The number of aliphatic hydroxyl groups is 2. The Balaban J connectivity index is 1.06. The minimum Gasteiger partial charge on any atom is -0.394 e. The van der Waals surface area contributed by atoms with Crippen LogP contribution in [0.3, 0.4) is 0 Å². The number of ether oxygens (including phenoxy) is 2. The Morgan fingerprint density at radius 2 is 1.66 bits per heavy atom. The molecule has 44 heavy (non-hydrogen) atoms. The largest absolute Gasteiger partial charge is 0.394 e. The van der Waals surface area contributed by atoms with Gasteiger partial charge in [-0.1, -0.05) is 60.7 Å². The number of fused-ring (bicyclic) bond motifs is 3. The molecule has 3 N–H and O–H groups in total. The van der Waals surface area contributed by atoms with E-state index in [0.717, 1.165) is 12.8 Å². The zero-order chi connectivity index (χ0) is 30.0. The lowest BCUT2D eigenvalue weighted by Gasteiger charge is -2.22. The van der Waals surface area contributed by atoms with Crippen molar-refractivity contribution in [1.82, 2.24) is 19.5 Å². The maximum absolute atomic E-state index is 12.8. The summed E-state index contributed by atoms with van der Waals surface area (Å²) in [6.07, 6.45) is 0.904. The Morgan fingerprint density at radius 3 is 2.45 bits per heavy atom. The van der Waals surface area contributed by atoms with Crippen LogP contribution in [0.4, 0.5) is 5.82 Å². The molecule has 6 aromatic rings. The molecule has 2 aromatic heterocycles. The monoisotopic (exact) mass is 589 g/mol. The number of rotatable bonds is 9. The summed E-state index contributed by atoms with van der Waals surface area (Å²) in [5.74, 6) is -0.0743. The van der Waals surface area contributed by atoms with Crippen molar-refractivity contribution >= 4 is 44.4 Å². The van der Waals surface area contributed by atoms with Gasteiger partial charge in [0.05, 0.1) is 12.9 Å². The first-order valence-corrected chi connectivity index (χ1v) is 14.6. The number of aryl methyl sites for hydroxylation is 1. The van der Waals surface area contributed by atoms with E-state index in [-0.39, 0.29) is 18.3 Å². The summed E-state index contributed by atoms with van der Waals surface area (Å²) in [6.45, 7) is -0.00121. The van der Waals surface area contributed by atoms with Crippen molar-refractivity contribution in [2.24, 2.45) is 0 Å². The van der Waals surface area contributed by atoms with Gasteiger partial charge >= 0.3 is 0 Å². The summed E-state index contributed by atoms with van der Waals surface area (Å²) in [6, 6.07) is 28.1. The first kappa shape index (κ1) is 28.1. The summed E-state index contributed by atoms with van der Waals surface area (Å²) >= 11 is 0. The maximum Gasteiger partial charge on any atom is 0.256 e. The summed E-state index contributed by atoms with van der Waals surface area (Å²) in [5.41, 5.74) is 2.45. The predicted octanol–water partition coefficient (Wildman–Crippen LogP) is 4.65. The number of nitrogens with zero attached hydrogens (tertiary/aromatic N) is 4. The Bertz CT molecular complexity index is 1950. The van der Waals surface area contributed by atoms with Gasteiger partial charge in [-0.25, -0.2) is 15.0 Å². The molecule has 0 bridgehead atoms. The molecular formula is C34H31N5O5. The lowest BCUT2D eigenvalue weighted by Crippen LogP contribution is -2.35. The highest BCUT2D eigenvalue weighted by molar-refractivity contribution is 6.06. The third kappa shape index (κ3) is 5.40. The van der Waals surface area contributed by atoms with E-state index in [1.165, 1.54) is 39.8 Å². The second-order valence-corrected chi connectivity index (χ2v) is 10.9. The average molecular weight is 590 g/mol. The van der Waals surface area contributed by atoms with Crippen LogP contribution in [-0.4, -0.2) is 67.2 Å². The molecule has 1 fully saturated rings. The smallest absolute Gasteiger partial charge is 0.256 e. The summed E-state index contributed by atoms with van der Waals surface area (Å²) in [5, 5.41) is 28.5. The minimum atomic E-state index is -1.06. The SMILES string of the molecule is O=C(Nc1ncnc2c1ncn2[C@@H]1O[C@H](CO)[C@@H](O)[C@H]1OCCCc1ccc2cc3ccccc3cc2c1)c1ccccc1. The fourth-order valence-electron chi connectivity index (χ4n) is 5.81. The Hall–Kier alpha value is -4.74. The van der Waals surface area contributed by atoms with Crippen LogP contribution in [-0.2, 0) is 15.9 Å². The summed E-state index contributed by atoms with van der Waals surface area (Å²) in [7, 11) is 0. The van der Waals surface area contributed by atoms with Crippen molar-refractivity contribution < 1.29 is 24.5 Å². The van der Waals surface area contributed by atoms with Crippen LogP contribution in [0.25, 0.3) is 32.7 Å². The molecule has 0 spiro atoms. The van der Waals surface area contributed by atoms with Crippen LogP contribution in [0, 0.1) is 0 Å². The van der Waals surface area contributed by atoms with Crippen LogP contribution in [0.2, 0.25) is 0 Å². The van der Waals surface area contributed by atoms with Gasteiger partial charge in [0.1, 0.15) is 24.6 Å². The quantitative estimate of drug-likeness (QED) is 0.164.